The first-order valence-electron chi connectivity index (χ1n) is 13.1. The van der Waals surface area contributed by atoms with Gasteiger partial charge in [-0.15, -0.1) is 0 Å². The molecule has 3 aromatic carbocycles. The number of furan rings is 1. The van der Waals surface area contributed by atoms with Crippen molar-refractivity contribution in [2.45, 2.75) is 31.2 Å². The summed E-state index contributed by atoms with van der Waals surface area (Å²) in [5.74, 6) is 0.00885. The van der Waals surface area contributed by atoms with Gasteiger partial charge in [-0.25, -0.2) is 0 Å². The highest BCUT2D eigenvalue weighted by Gasteiger charge is 2.40. The van der Waals surface area contributed by atoms with E-state index >= 15 is 0 Å². The Balaban J connectivity index is 1.38. The van der Waals surface area contributed by atoms with Gasteiger partial charge in [-0.1, -0.05) is 54.2 Å². The Bertz CT molecular complexity index is 1600. The lowest BCUT2D eigenvalue weighted by Crippen LogP contribution is -2.31. The summed E-state index contributed by atoms with van der Waals surface area (Å²) in [4.78, 5) is 41.9. The van der Waals surface area contributed by atoms with Crippen LogP contribution in [0.5, 0.6) is 5.75 Å². The van der Waals surface area contributed by atoms with Crippen LogP contribution in [0, 0.1) is 6.92 Å². The molecule has 0 unspecified atom stereocenters. The zero-order valence-corrected chi connectivity index (χ0v) is 23.5. The zero-order chi connectivity index (χ0) is 28.8. The second kappa shape index (κ2) is 12.6. The Morgan fingerprint density at radius 1 is 0.951 bits per heavy atom. The third-order valence-corrected chi connectivity index (χ3v) is 7.53. The van der Waals surface area contributed by atoms with E-state index in [1.165, 1.54) is 6.26 Å². The SMILES string of the molecule is COc1ccc(C)cc1NC1=C(Sc2cccc(NC(=O)CCc3ccccc3)c2)C(=O)N(Cc2ccco2)C1=O. The fourth-order valence-electron chi connectivity index (χ4n) is 4.40. The van der Waals surface area contributed by atoms with E-state index in [0.717, 1.165) is 27.8 Å². The van der Waals surface area contributed by atoms with E-state index in [2.05, 4.69) is 10.6 Å². The monoisotopic (exact) mass is 567 g/mol. The second-order valence-corrected chi connectivity index (χ2v) is 10.6. The summed E-state index contributed by atoms with van der Waals surface area (Å²) in [6.07, 6.45) is 2.47. The van der Waals surface area contributed by atoms with Gasteiger partial charge in [0.25, 0.3) is 11.8 Å². The van der Waals surface area contributed by atoms with E-state index in [-0.39, 0.29) is 23.1 Å². The van der Waals surface area contributed by atoms with Crippen LogP contribution in [0.4, 0.5) is 11.4 Å². The van der Waals surface area contributed by atoms with Crippen LogP contribution in [0.2, 0.25) is 0 Å². The third kappa shape index (κ3) is 6.70. The zero-order valence-electron chi connectivity index (χ0n) is 22.7. The summed E-state index contributed by atoms with van der Waals surface area (Å²) in [5, 5.41) is 6.09. The summed E-state index contributed by atoms with van der Waals surface area (Å²) in [6, 6.07) is 26.0. The molecule has 1 aliphatic rings. The predicted octanol–water partition coefficient (Wildman–Crippen LogP) is 6.15. The molecule has 0 fully saturated rings. The van der Waals surface area contributed by atoms with E-state index in [1.807, 2.05) is 55.5 Å². The molecule has 3 amide bonds. The highest BCUT2D eigenvalue weighted by atomic mass is 32.2. The molecule has 41 heavy (non-hydrogen) atoms. The average Bonchev–Trinajstić information content (AvgIpc) is 3.57. The van der Waals surface area contributed by atoms with Gasteiger partial charge in [0, 0.05) is 17.0 Å². The fraction of sp³-hybridized carbons (Fsp3) is 0.156. The maximum absolute atomic E-state index is 13.6. The van der Waals surface area contributed by atoms with Crippen LogP contribution in [0.25, 0.3) is 0 Å². The van der Waals surface area contributed by atoms with Crippen LogP contribution in [0.15, 0.2) is 111 Å². The number of rotatable bonds is 11. The van der Waals surface area contributed by atoms with Gasteiger partial charge < -0.3 is 19.8 Å². The second-order valence-electron chi connectivity index (χ2n) is 9.47. The molecule has 208 valence electrons. The number of amides is 3. The number of nitrogens with one attached hydrogen (secondary N) is 2. The molecule has 2 N–H and O–H groups in total. The van der Waals surface area contributed by atoms with Crippen LogP contribution in [-0.2, 0) is 27.3 Å². The van der Waals surface area contributed by atoms with Crippen LogP contribution < -0.4 is 15.4 Å². The van der Waals surface area contributed by atoms with E-state index in [1.54, 1.807) is 43.5 Å². The maximum Gasteiger partial charge on any atom is 0.278 e. The Kier molecular flexibility index (Phi) is 8.55. The van der Waals surface area contributed by atoms with Crippen molar-refractivity contribution in [3.05, 3.63) is 119 Å². The molecular weight excluding hydrogens is 538 g/mol. The third-order valence-electron chi connectivity index (χ3n) is 6.46. The molecule has 2 heterocycles. The number of ether oxygens (including phenoxy) is 1. The van der Waals surface area contributed by atoms with Crippen molar-refractivity contribution in [2.75, 3.05) is 17.7 Å². The summed E-state index contributed by atoms with van der Waals surface area (Å²) in [6.45, 7) is 1.93. The van der Waals surface area contributed by atoms with E-state index in [4.69, 9.17) is 9.15 Å². The van der Waals surface area contributed by atoms with Gasteiger partial charge in [0.1, 0.15) is 22.1 Å². The Morgan fingerprint density at radius 2 is 1.78 bits per heavy atom. The minimum atomic E-state index is -0.470. The molecule has 8 nitrogen and oxygen atoms in total. The number of nitrogens with zero attached hydrogens (tertiary/aromatic N) is 1. The van der Waals surface area contributed by atoms with Crippen LogP contribution in [-0.4, -0.2) is 29.7 Å². The number of carbonyl (C=O) groups is 3. The van der Waals surface area contributed by atoms with Crippen molar-refractivity contribution < 1.29 is 23.5 Å². The van der Waals surface area contributed by atoms with E-state index in [9.17, 15) is 14.4 Å². The smallest absolute Gasteiger partial charge is 0.278 e. The molecule has 0 atom stereocenters. The quantitative estimate of drug-likeness (QED) is 0.210. The van der Waals surface area contributed by atoms with Gasteiger partial charge in [-0.05, 0) is 66.9 Å². The van der Waals surface area contributed by atoms with Crippen LogP contribution in [0.1, 0.15) is 23.3 Å². The van der Waals surface area contributed by atoms with Gasteiger partial charge >= 0.3 is 0 Å². The van der Waals surface area contributed by atoms with Crippen molar-refractivity contribution in [1.82, 2.24) is 4.90 Å². The predicted molar refractivity (Wildman–Crippen MR) is 158 cm³/mol. The molecule has 5 rings (SSSR count). The van der Waals surface area contributed by atoms with Crippen molar-refractivity contribution >= 4 is 40.9 Å². The van der Waals surface area contributed by atoms with Crippen molar-refractivity contribution in [3.8, 4) is 5.75 Å². The summed E-state index contributed by atoms with van der Waals surface area (Å²) in [7, 11) is 1.55. The molecule has 0 aliphatic carbocycles. The minimum absolute atomic E-state index is 0.00235. The van der Waals surface area contributed by atoms with Crippen molar-refractivity contribution in [1.29, 1.82) is 0 Å². The number of imide groups is 1. The lowest BCUT2D eigenvalue weighted by molar-refractivity contribution is -0.138. The molecule has 1 aromatic heterocycles. The first kappa shape index (κ1) is 27.8. The van der Waals surface area contributed by atoms with E-state index in [0.29, 0.717) is 40.6 Å². The highest BCUT2D eigenvalue weighted by molar-refractivity contribution is 8.04. The average molecular weight is 568 g/mol. The lowest BCUT2D eigenvalue weighted by atomic mass is 10.1. The van der Waals surface area contributed by atoms with Gasteiger partial charge in [0.2, 0.25) is 5.91 Å². The molecule has 1 aliphatic heterocycles. The number of hydrogen-bond donors (Lipinski definition) is 2. The normalized spacial score (nSPS) is 13.1. The Labute approximate surface area is 242 Å². The van der Waals surface area contributed by atoms with Crippen molar-refractivity contribution in [2.24, 2.45) is 0 Å². The van der Waals surface area contributed by atoms with E-state index < -0.39 is 11.8 Å². The molecule has 0 spiro atoms. The molecule has 4 aromatic rings. The molecule has 0 radical (unpaired) electrons. The maximum atomic E-state index is 13.6. The lowest BCUT2D eigenvalue weighted by Gasteiger charge is -2.15. The first-order chi connectivity index (χ1) is 19.9. The number of methoxy groups -OCH3 is 1. The molecular formula is C32H29N3O5S. The van der Waals surface area contributed by atoms with Gasteiger partial charge in [0.15, 0.2) is 0 Å². The Morgan fingerprint density at radius 3 is 2.54 bits per heavy atom. The van der Waals surface area contributed by atoms with Crippen LogP contribution in [0.3, 0.4) is 0 Å². The molecule has 0 saturated heterocycles. The largest absolute Gasteiger partial charge is 0.495 e. The number of thioether (sulfide) groups is 1. The number of carbonyl (C=O) groups excluding carboxylic acids is 3. The number of benzene rings is 3. The minimum Gasteiger partial charge on any atom is -0.495 e. The topological polar surface area (TPSA) is 101 Å². The van der Waals surface area contributed by atoms with Gasteiger partial charge in [-0.2, -0.15) is 0 Å². The van der Waals surface area contributed by atoms with Gasteiger partial charge in [0.05, 0.1) is 25.6 Å². The van der Waals surface area contributed by atoms with Crippen LogP contribution >= 0.6 is 11.8 Å². The number of anilines is 2. The van der Waals surface area contributed by atoms with Crippen molar-refractivity contribution in [3.63, 3.8) is 0 Å². The molecule has 0 saturated carbocycles. The summed E-state index contributed by atoms with van der Waals surface area (Å²) >= 11 is 1.16. The Hall–Kier alpha value is -4.76. The molecule has 0 bridgehead atoms. The number of hydrogen-bond acceptors (Lipinski definition) is 7. The fourth-order valence-corrected chi connectivity index (χ4v) is 5.40. The molecule has 9 heteroatoms. The highest BCUT2D eigenvalue weighted by Crippen LogP contribution is 2.38. The summed E-state index contributed by atoms with van der Waals surface area (Å²) in [5.41, 5.74) is 3.37. The first-order valence-corrected chi connectivity index (χ1v) is 13.9. The standard InChI is InChI=1S/C32H29N3O5S/c1-21-13-15-27(39-2)26(18-21)34-29-30(32(38)35(31(29)37)20-24-11-7-17-40-24)41-25-12-6-10-23(19-25)33-28(36)16-14-22-8-4-3-5-9-22/h3-13,15,17-19,34H,14,16,20H2,1-2H3,(H,33,36). The van der Waals surface area contributed by atoms with Gasteiger partial charge in [-0.3, -0.25) is 19.3 Å². The number of aryl methyl sites for hydroxylation is 2. The summed E-state index contributed by atoms with van der Waals surface area (Å²) < 4.78 is 10.9.